The number of hydrogen-bond donors (Lipinski definition) is 1. The van der Waals surface area contributed by atoms with Gasteiger partial charge in [-0.1, -0.05) is 13.8 Å². The third-order valence-electron chi connectivity index (χ3n) is 3.74. The predicted molar refractivity (Wildman–Crippen MR) is 65.1 cm³/mol. The van der Waals surface area contributed by atoms with Crippen LogP contribution in [0.1, 0.15) is 47.0 Å². The van der Waals surface area contributed by atoms with Crippen LogP contribution in [0.3, 0.4) is 0 Å². The summed E-state index contributed by atoms with van der Waals surface area (Å²) >= 11 is 0. The van der Waals surface area contributed by atoms with E-state index in [1.165, 1.54) is 25.8 Å². The van der Waals surface area contributed by atoms with Crippen LogP contribution < -0.4 is 5.32 Å². The first-order chi connectivity index (χ1) is 7.09. The lowest BCUT2D eigenvalue weighted by atomic mass is 10.0. The van der Waals surface area contributed by atoms with Gasteiger partial charge in [0, 0.05) is 25.8 Å². The largest absolute Gasteiger partial charge is 0.382 e. The smallest absolute Gasteiger partial charge is 0.0471 e. The standard InChI is InChI=1S/C13H27NO/c1-5-15-9-8-13(6-7-13)10-14-12(4)11(2)3/h11-12,14H,5-10H2,1-4H3. The highest BCUT2D eigenvalue weighted by atomic mass is 16.5. The Kier molecular flexibility index (Phi) is 5.07. The fourth-order valence-electron chi connectivity index (χ4n) is 1.74. The van der Waals surface area contributed by atoms with E-state index in [1.54, 1.807) is 0 Å². The lowest BCUT2D eigenvalue weighted by Crippen LogP contribution is -2.35. The summed E-state index contributed by atoms with van der Waals surface area (Å²) in [6.07, 6.45) is 4.01. The van der Waals surface area contributed by atoms with E-state index in [1.807, 2.05) is 0 Å². The van der Waals surface area contributed by atoms with Crippen molar-refractivity contribution in [1.82, 2.24) is 5.32 Å². The average molecular weight is 213 g/mol. The molecular formula is C13H27NO. The minimum atomic E-state index is 0.582. The zero-order chi connectivity index (χ0) is 11.3. The van der Waals surface area contributed by atoms with Crippen molar-refractivity contribution in [3.63, 3.8) is 0 Å². The van der Waals surface area contributed by atoms with E-state index in [4.69, 9.17) is 4.74 Å². The summed E-state index contributed by atoms with van der Waals surface area (Å²) in [5, 5.41) is 3.66. The molecule has 0 aromatic carbocycles. The van der Waals surface area contributed by atoms with Gasteiger partial charge >= 0.3 is 0 Å². The van der Waals surface area contributed by atoms with Gasteiger partial charge in [0.05, 0.1) is 0 Å². The second-order valence-corrected chi connectivity index (χ2v) is 5.36. The number of ether oxygens (including phenoxy) is 1. The maximum absolute atomic E-state index is 5.44. The summed E-state index contributed by atoms with van der Waals surface area (Å²) < 4.78 is 5.44. The Morgan fingerprint density at radius 1 is 1.27 bits per heavy atom. The summed E-state index contributed by atoms with van der Waals surface area (Å²) in [6, 6.07) is 0.634. The van der Waals surface area contributed by atoms with Gasteiger partial charge in [-0.05, 0) is 44.4 Å². The second kappa shape index (κ2) is 5.86. The fraction of sp³-hybridized carbons (Fsp3) is 1.00. The summed E-state index contributed by atoms with van der Waals surface area (Å²) in [6.45, 7) is 11.9. The molecule has 1 N–H and O–H groups in total. The van der Waals surface area contributed by atoms with Gasteiger partial charge in [0.15, 0.2) is 0 Å². The Hall–Kier alpha value is -0.0800. The highest BCUT2D eigenvalue weighted by Gasteiger charge is 2.41. The molecule has 1 atom stereocenters. The number of nitrogens with one attached hydrogen (secondary N) is 1. The van der Waals surface area contributed by atoms with E-state index in [2.05, 4.69) is 33.0 Å². The predicted octanol–water partition coefficient (Wildman–Crippen LogP) is 2.83. The SMILES string of the molecule is CCOCCC1(CNC(C)C(C)C)CC1. The van der Waals surface area contributed by atoms with Gasteiger partial charge in [-0.3, -0.25) is 0 Å². The number of hydrogen-bond acceptors (Lipinski definition) is 2. The molecular weight excluding hydrogens is 186 g/mol. The normalized spacial score (nSPS) is 20.6. The van der Waals surface area contributed by atoms with E-state index in [0.717, 1.165) is 19.1 Å². The molecule has 2 nitrogen and oxygen atoms in total. The summed E-state index contributed by atoms with van der Waals surface area (Å²) in [5.74, 6) is 0.729. The molecule has 2 heteroatoms. The fourth-order valence-corrected chi connectivity index (χ4v) is 1.74. The van der Waals surface area contributed by atoms with Crippen molar-refractivity contribution in [1.29, 1.82) is 0 Å². The number of rotatable bonds is 8. The van der Waals surface area contributed by atoms with Gasteiger partial charge in [-0.25, -0.2) is 0 Å². The molecule has 90 valence electrons. The van der Waals surface area contributed by atoms with Crippen molar-refractivity contribution in [3.8, 4) is 0 Å². The van der Waals surface area contributed by atoms with Crippen molar-refractivity contribution in [3.05, 3.63) is 0 Å². The minimum Gasteiger partial charge on any atom is -0.382 e. The lowest BCUT2D eigenvalue weighted by molar-refractivity contribution is 0.127. The molecule has 0 heterocycles. The van der Waals surface area contributed by atoms with Crippen LogP contribution >= 0.6 is 0 Å². The molecule has 1 fully saturated rings. The van der Waals surface area contributed by atoms with E-state index in [9.17, 15) is 0 Å². The van der Waals surface area contributed by atoms with Crippen LogP contribution in [0.4, 0.5) is 0 Å². The molecule has 1 aliphatic rings. The maximum Gasteiger partial charge on any atom is 0.0471 e. The molecule has 0 aromatic rings. The molecule has 1 unspecified atom stereocenters. The van der Waals surface area contributed by atoms with Crippen molar-refractivity contribution in [2.45, 2.75) is 53.0 Å². The molecule has 1 aliphatic carbocycles. The first-order valence-electron chi connectivity index (χ1n) is 6.41. The van der Waals surface area contributed by atoms with E-state index < -0.39 is 0 Å². The molecule has 15 heavy (non-hydrogen) atoms. The molecule has 0 spiro atoms. The topological polar surface area (TPSA) is 21.3 Å². The van der Waals surface area contributed by atoms with Crippen LogP contribution in [0.15, 0.2) is 0 Å². The summed E-state index contributed by atoms with van der Waals surface area (Å²) in [5.41, 5.74) is 0.582. The zero-order valence-electron chi connectivity index (χ0n) is 10.8. The second-order valence-electron chi connectivity index (χ2n) is 5.36. The molecule has 1 rings (SSSR count). The highest BCUT2D eigenvalue weighted by molar-refractivity contribution is 4.95. The molecule has 0 radical (unpaired) electrons. The summed E-state index contributed by atoms with van der Waals surface area (Å²) in [4.78, 5) is 0. The third-order valence-corrected chi connectivity index (χ3v) is 3.74. The zero-order valence-corrected chi connectivity index (χ0v) is 10.8. The lowest BCUT2D eigenvalue weighted by Gasteiger charge is -2.22. The van der Waals surface area contributed by atoms with Gasteiger partial charge < -0.3 is 10.1 Å². The first-order valence-corrected chi connectivity index (χ1v) is 6.41. The van der Waals surface area contributed by atoms with E-state index >= 15 is 0 Å². The Morgan fingerprint density at radius 2 is 1.93 bits per heavy atom. The van der Waals surface area contributed by atoms with Crippen LogP contribution in [0.2, 0.25) is 0 Å². The highest BCUT2D eigenvalue weighted by Crippen LogP contribution is 2.48. The molecule has 0 bridgehead atoms. The average Bonchev–Trinajstić information content (AvgIpc) is 2.95. The van der Waals surface area contributed by atoms with Gasteiger partial charge in [0.25, 0.3) is 0 Å². The van der Waals surface area contributed by atoms with Gasteiger partial charge in [0.2, 0.25) is 0 Å². The van der Waals surface area contributed by atoms with Crippen LogP contribution in [0, 0.1) is 11.3 Å². The quantitative estimate of drug-likeness (QED) is 0.626. The van der Waals surface area contributed by atoms with Gasteiger partial charge in [0.1, 0.15) is 0 Å². The van der Waals surface area contributed by atoms with Gasteiger partial charge in [-0.2, -0.15) is 0 Å². The van der Waals surface area contributed by atoms with Crippen molar-refractivity contribution >= 4 is 0 Å². The van der Waals surface area contributed by atoms with E-state index in [0.29, 0.717) is 11.5 Å². The minimum absolute atomic E-state index is 0.582. The Labute approximate surface area is 94.8 Å². The van der Waals surface area contributed by atoms with Crippen LogP contribution in [-0.4, -0.2) is 25.8 Å². The molecule has 0 aliphatic heterocycles. The third kappa shape index (κ3) is 4.52. The summed E-state index contributed by atoms with van der Waals surface area (Å²) in [7, 11) is 0. The van der Waals surface area contributed by atoms with Crippen molar-refractivity contribution < 1.29 is 4.74 Å². The molecule has 0 aromatic heterocycles. The van der Waals surface area contributed by atoms with Crippen molar-refractivity contribution in [2.75, 3.05) is 19.8 Å². The Morgan fingerprint density at radius 3 is 2.40 bits per heavy atom. The van der Waals surface area contributed by atoms with Crippen LogP contribution in [0.5, 0.6) is 0 Å². The van der Waals surface area contributed by atoms with E-state index in [-0.39, 0.29) is 0 Å². The molecule has 0 saturated heterocycles. The van der Waals surface area contributed by atoms with Crippen LogP contribution in [0.25, 0.3) is 0 Å². The monoisotopic (exact) mass is 213 g/mol. The first kappa shape index (κ1) is 13.0. The maximum atomic E-state index is 5.44. The molecule has 0 amide bonds. The Bertz CT molecular complexity index is 175. The molecule has 1 saturated carbocycles. The van der Waals surface area contributed by atoms with Crippen LogP contribution in [-0.2, 0) is 4.74 Å². The Balaban J connectivity index is 2.14. The van der Waals surface area contributed by atoms with Crippen molar-refractivity contribution in [2.24, 2.45) is 11.3 Å². The van der Waals surface area contributed by atoms with Gasteiger partial charge in [-0.15, -0.1) is 0 Å².